The number of carbonyl (C=O) groups excluding carboxylic acids is 1. The minimum absolute atomic E-state index is 0.000798. The molecular formula is C36H36BrFN2O7S. The van der Waals surface area contributed by atoms with Crippen molar-refractivity contribution in [3.05, 3.63) is 113 Å². The number of aromatic nitrogens is 1. The molecule has 1 atom stereocenters. The van der Waals surface area contributed by atoms with Gasteiger partial charge in [0.25, 0.3) is 5.56 Å². The maximum absolute atomic E-state index is 14.2. The molecule has 0 aliphatic carbocycles. The van der Waals surface area contributed by atoms with Crippen molar-refractivity contribution in [1.29, 1.82) is 0 Å². The number of allylic oxidation sites excluding steroid dienone is 1. The molecule has 0 amide bonds. The molecule has 48 heavy (non-hydrogen) atoms. The van der Waals surface area contributed by atoms with E-state index in [1.807, 2.05) is 26.8 Å². The van der Waals surface area contributed by atoms with Crippen LogP contribution in [-0.2, 0) is 16.1 Å². The van der Waals surface area contributed by atoms with Gasteiger partial charge in [0.2, 0.25) is 0 Å². The van der Waals surface area contributed by atoms with E-state index in [4.69, 9.17) is 23.7 Å². The van der Waals surface area contributed by atoms with Gasteiger partial charge < -0.3 is 23.7 Å². The summed E-state index contributed by atoms with van der Waals surface area (Å²) in [6.45, 7) is 9.65. The number of methoxy groups -OCH3 is 1. The molecule has 0 saturated carbocycles. The molecule has 0 saturated heterocycles. The number of ether oxygens (including phenoxy) is 5. The van der Waals surface area contributed by atoms with E-state index in [1.54, 1.807) is 62.4 Å². The maximum Gasteiger partial charge on any atom is 0.338 e. The molecule has 0 radical (unpaired) electrons. The molecule has 252 valence electrons. The summed E-state index contributed by atoms with van der Waals surface area (Å²) < 4.78 is 45.5. The van der Waals surface area contributed by atoms with Gasteiger partial charge in [0.1, 0.15) is 12.4 Å². The lowest BCUT2D eigenvalue weighted by Gasteiger charge is -2.25. The van der Waals surface area contributed by atoms with Gasteiger partial charge in [0.05, 0.1) is 52.7 Å². The fourth-order valence-electron chi connectivity index (χ4n) is 5.30. The highest BCUT2D eigenvalue weighted by molar-refractivity contribution is 9.10. The molecule has 2 heterocycles. The first-order chi connectivity index (χ1) is 23.1. The van der Waals surface area contributed by atoms with Crippen LogP contribution in [0, 0.1) is 5.82 Å². The number of hydrogen-bond acceptors (Lipinski definition) is 9. The van der Waals surface area contributed by atoms with Crippen molar-refractivity contribution in [2.75, 3.05) is 20.3 Å². The molecule has 0 N–H and O–H groups in total. The number of esters is 1. The molecule has 3 aromatic carbocycles. The van der Waals surface area contributed by atoms with Crippen LogP contribution in [0.4, 0.5) is 4.39 Å². The van der Waals surface area contributed by atoms with Crippen LogP contribution in [0.2, 0.25) is 0 Å². The predicted octanol–water partition coefficient (Wildman–Crippen LogP) is 6.47. The van der Waals surface area contributed by atoms with Gasteiger partial charge >= 0.3 is 5.97 Å². The zero-order chi connectivity index (χ0) is 34.5. The van der Waals surface area contributed by atoms with Crippen LogP contribution in [-0.4, -0.2) is 37.0 Å². The lowest BCUT2D eigenvalue weighted by atomic mass is 9.95. The zero-order valence-electron chi connectivity index (χ0n) is 27.5. The molecule has 0 fully saturated rings. The third kappa shape index (κ3) is 7.34. The molecule has 12 heteroatoms. The van der Waals surface area contributed by atoms with Crippen LogP contribution < -0.4 is 33.8 Å². The topological polar surface area (TPSA) is 97.6 Å². The van der Waals surface area contributed by atoms with Crippen LogP contribution in [0.5, 0.6) is 23.0 Å². The number of nitrogens with zero attached hydrogens (tertiary/aromatic N) is 2. The van der Waals surface area contributed by atoms with Crippen LogP contribution in [0.1, 0.15) is 57.4 Å². The molecule has 9 nitrogen and oxygen atoms in total. The highest BCUT2D eigenvalue weighted by atomic mass is 79.9. The van der Waals surface area contributed by atoms with Crippen molar-refractivity contribution in [1.82, 2.24) is 4.57 Å². The Labute approximate surface area is 290 Å². The smallest absolute Gasteiger partial charge is 0.338 e. The first-order valence-corrected chi connectivity index (χ1v) is 17.0. The molecule has 5 rings (SSSR count). The van der Waals surface area contributed by atoms with Crippen molar-refractivity contribution < 1.29 is 32.9 Å². The first-order valence-electron chi connectivity index (χ1n) is 15.4. The van der Waals surface area contributed by atoms with E-state index in [1.165, 1.54) is 29.1 Å². The summed E-state index contributed by atoms with van der Waals surface area (Å²) in [6.07, 6.45) is 1.65. The summed E-state index contributed by atoms with van der Waals surface area (Å²) in [7, 11) is 1.54. The van der Waals surface area contributed by atoms with E-state index in [9.17, 15) is 14.0 Å². The van der Waals surface area contributed by atoms with Gasteiger partial charge in [-0.3, -0.25) is 9.36 Å². The van der Waals surface area contributed by atoms with Crippen LogP contribution in [0.15, 0.2) is 80.1 Å². The molecule has 1 aliphatic heterocycles. The Kier molecular flexibility index (Phi) is 11.1. The molecule has 0 unspecified atom stereocenters. The number of fused-ring (bicyclic) bond motifs is 1. The molecule has 4 aromatic rings. The lowest BCUT2D eigenvalue weighted by Crippen LogP contribution is -2.40. The maximum atomic E-state index is 14.2. The number of thiazole rings is 1. The zero-order valence-corrected chi connectivity index (χ0v) is 29.9. The SMILES string of the molecule is CCOC(=O)C1=C(C)N=c2s/c(=C\c3cc(Br)c(OCc4ccccc4F)c(OCC)c3)c(=O)n2[C@H]1c1ccc(OC(C)C)c(OC)c1. The van der Waals surface area contributed by atoms with E-state index in [2.05, 4.69) is 20.9 Å². The predicted molar refractivity (Wildman–Crippen MR) is 185 cm³/mol. The first kappa shape index (κ1) is 34.9. The second-order valence-corrected chi connectivity index (χ2v) is 12.9. The monoisotopic (exact) mass is 738 g/mol. The normalized spacial score (nSPS) is 14.4. The Morgan fingerprint density at radius 3 is 2.52 bits per heavy atom. The second kappa shape index (κ2) is 15.2. The average molecular weight is 740 g/mol. The molecule has 1 aromatic heterocycles. The minimum atomic E-state index is -0.829. The van der Waals surface area contributed by atoms with Crippen molar-refractivity contribution in [3.63, 3.8) is 0 Å². The van der Waals surface area contributed by atoms with Crippen molar-refractivity contribution in [2.24, 2.45) is 4.99 Å². The Balaban J connectivity index is 1.61. The second-order valence-electron chi connectivity index (χ2n) is 11.0. The van der Waals surface area contributed by atoms with E-state index in [0.717, 1.165) is 0 Å². The largest absolute Gasteiger partial charge is 0.493 e. The van der Waals surface area contributed by atoms with E-state index in [0.29, 0.717) is 65.8 Å². The van der Waals surface area contributed by atoms with E-state index >= 15 is 0 Å². The number of rotatable bonds is 12. The third-order valence-electron chi connectivity index (χ3n) is 7.34. The Morgan fingerprint density at radius 1 is 1.06 bits per heavy atom. The van der Waals surface area contributed by atoms with Gasteiger partial charge in [-0.05, 0) is 98.1 Å². The van der Waals surface area contributed by atoms with Crippen molar-refractivity contribution >= 4 is 39.3 Å². The van der Waals surface area contributed by atoms with Crippen molar-refractivity contribution in [3.8, 4) is 23.0 Å². The Hall–Kier alpha value is -4.42. The number of carbonyl (C=O) groups is 1. The average Bonchev–Trinajstić information content (AvgIpc) is 3.34. The third-order valence-corrected chi connectivity index (χ3v) is 8.91. The van der Waals surface area contributed by atoms with Gasteiger partial charge in [0.15, 0.2) is 27.8 Å². The van der Waals surface area contributed by atoms with Gasteiger partial charge in [-0.25, -0.2) is 14.2 Å². The Morgan fingerprint density at radius 2 is 1.83 bits per heavy atom. The van der Waals surface area contributed by atoms with Gasteiger partial charge in [0, 0.05) is 5.56 Å². The summed E-state index contributed by atoms with van der Waals surface area (Å²) in [4.78, 5) is 32.6. The van der Waals surface area contributed by atoms with Gasteiger partial charge in [-0.15, -0.1) is 0 Å². The Bertz CT molecular complexity index is 2050. The summed E-state index contributed by atoms with van der Waals surface area (Å²) >= 11 is 4.78. The number of hydrogen-bond donors (Lipinski definition) is 0. The van der Waals surface area contributed by atoms with E-state index in [-0.39, 0.29) is 36.3 Å². The fourth-order valence-corrected chi connectivity index (χ4v) is 6.92. The van der Waals surface area contributed by atoms with Crippen molar-refractivity contribution in [2.45, 2.75) is 53.4 Å². The number of benzene rings is 3. The minimum Gasteiger partial charge on any atom is -0.493 e. The molecule has 0 spiro atoms. The molecule has 1 aliphatic rings. The van der Waals surface area contributed by atoms with Crippen LogP contribution >= 0.6 is 27.3 Å². The summed E-state index contributed by atoms with van der Waals surface area (Å²) in [5.41, 5.74) is 2.06. The van der Waals surface area contributed by atoms with Crippen LogP contribution in [0.3, 0.4) is 0 Å². The quantitative estimate of drug-likeness (QED) is 0.154. The van der Waals surface area contributed by atoms with Gasteiger partial charge in [-0.2, -0.15) is 0 Å². The summed E-state index contributed by atoms with van der Waals surface area (Å²) in [6, 6.07) is 14.5. The lowest BCUT2D eigenvalue weighted by molar-refractivity contribution is -0.139. The van der Waals surface area contributed by atoms with Gasteiger partial charge in [-0.1, -0.05) is 35.6 Å². The number of halogens is 2. The molecule has 0 bridgehead atoms. The highest BCUT2D eigenvalue weighted by Gasteiger charge is 2.34. The standard InChI is InChI=1S/C36H36BrFN2O7S/c1-7-44-29-16-22(15-25(37)33(29)46-19-24-11-9-10-12-26(24)38)17-30-34(41)40-32(23-13-14-27(47-20(3)4)28(18-23)43-6)31(35(42)45-8-2)21(5)39-36(40)48-30/h9-18,20,32H,7-8,19H2,1-6H3/b30-17-/t32-/m0/s1. The van der Waals surface area contributed by atoms with E-state index < -0.39 is 12.0 Å². The van der Waals surface area contributed by atoms with Crippen LogP contribution in [0.25, 0.3) is 6.08 Å². The highest BCUT2D eigenvalue weighted by Crippen LogP contribution is 2.39. The summed E-state index contributed by atoms with van der Waals surface area (Å²) in [5, 5.41) is 0. The fraction of sp³-hybridized carbons (Fsp3) is 0.306. The summed E-state index contributed by atoms with van der Waals surface area (Å²) in [5.74, 6) is 0.918. The molecular weight excluding hydrogens is 703 g/mol.